The Kier molecular flexibility index (Phi) is 4.46. The number of aliphatic hydroxyl groups excluding tert-OH is 2. The molecule has 0 aromatic heterocycles. The number of ether oxygens (including phenoxy) is 1. The quantitative estimate of drug-likeness (QED) is 0.586. The van der Waals surface area contributed by atoms with Crippen molar-refractivity contribution in [2.45, 2.75) is 44.2 Å². The van der Waals surface area contributed by atoms with Gasteiger partial charge in [0.2, 0.25) is 0 Å². The number of carboxylic acids is 1. The summed E-state index contributed by atoms with van der Waals surface area (Å²) in [6.07, 6.45) is -1.29. The largest absolute Gasteiger partial charge is 0.481 e. The van der Waals surface area contributed by atoms with Gasteiger partial charge in [0.25, 0.3) is 0 Å². The Hall–Kier alpha value is -0.910. The van der Waals surface area contributed by atoms with E-state index in [1.807, 2.05) is 6.92 Å². The van der Waals surface area contributed by atoms with Gasteiger partial charge in [-0.05, 0) is 12.3 Å². The van der Waals surface area contributed by atoms with Crippen molar-refractivity contribution < 1.29 is 24.9 Å². The second kappa shape index (κ2) is 5.43. The van der Waals surface area contributed by atoms with Crippen molar-refractivity contribution in [3.63, 3.8) is 0 Å². The standard InChI is InChI=1S/C11H18O5/c1-3-7(12)11(15)9-4-6(2)8(16-9)5-10(13)14/h3,6-9,11-12,15H,1,4-5H2,2H3,(H,13,14). The van der Waals surface area contributed by atoms with Crippen LogP contribution in [0.2, 0.25) is 0 Å². The third-order valence-electron chi connectivity index (χ3n) is 2.94. The topological polar surface area (TPSA) is 87.0 Å². The number of hydrogen-bond acceptors (Lipinski definition) is 4. The Morgan fingerprint density at radius 1 is 1.62 bits per heavy atom. The molecular formula is C11H18O5. The summed E-state index contributed by atoms with van der Waals surface area (Å²) in [5.41, 5.74) is 0. The molecule has 0 amide bonds. The predicted molar refractivity (Wildman–Crippen MR) is 56.9 cm³/mol. The molecule has 5 atom stereocenters. The number of rotatable bonds is 5. The smallest absolute Gasteiger partial charge is 0.305 e. The molecule has 1 rings (SSSR count). The minimum absolute atomic E-state index is 0.0627. The minimum Gasteiger partial charge on any atom is -0.481 e. The Bertz CT molecular complexity index is 265. The first-order chi connectivity index (χ1) is 7.45. The predicted octanol–water partition coefficient (Wildman–Crippen LogP) is 0.162. The van der Waals surface area contributed by atoms with Crippen LogP contribution >= 0.6 is 0 Å². The average Bonchev–Trinajstić information content (AvgIpc) is 2.57. The SMILES string of the molecule is C=CC(O)C(O)C1CC(C)C(CC(=O)O)O1. The van der Waals surface area contributed by atoms with Crippen molar-refractivity contribution in [3.8, 4) is 0 Å². The summed E-state index contributed by atoms with van der Waals surface area (Å²) < 4.78 is 5.43. The fraction of sp³-hybridized carbons (Fsp3) is 0.727. The van der Waals surface area contributed by atoms with Crippen LogP contribution in [-0.2, 0) is 9.53 Å². The molecule has 3 N–H and O–H groups in total. The molecule has 1 heterocycles. The number of hydrogen-bond donors (Lipinski definition) is 3. The summed E-state index contributed by atoms with van der Waals surface area (Å²) in [6, 6.07) is 0. The molecule has 0 aromatic rings. The maximum Gasteiger partial charge on any atom is 0.305 e. The first-order valence-corrected chi connectivity index (χ1v) is 5.31. The minimum atomic E-state index is -1.04. The van der Waals surface area contributed by atoms with Crippen LogP contribution in [0, 0.1) is 5.92 Å². The van der Waals surface area contributed by atoms with Crippen LogP contribution < -0.4 is 0 Å². The van der Waals surface area contributed by atoms with E-state index in [0.717, 1.165) is 0 Å². The van der Waals surface area contributed by atoms with E-state index in [1.54, 1.807) is 0 Å². The van der Waals surface area contributed by atoms with Crippen molar-refractivity contribution in [2.75, 3.05) is 0 Å². The lowest BCUT2D eigenvalue weighted by Crippen LogP contribution is -2.36. The van der Waals surface area contributed by atoms with Gasteiger partial charge in [-0.1, -0.05) is 13.0 Å². The average molecular weight is 230 g/mol. The van der Waals surface area contributed by atoms with Gasteiger partial charge in [-0.3, -0.25) is 4.79 Å². The Balaban J connectivity index is 2.55. The van der Waals surface area contributed by atoms with E-state index in [4.69, 9.17) is 9.84 Å². The van der Waals surface area contributed by atoms with E-state index < -0.39 is 30.4 Å². The highest BCUT2D eigenvalue weighted by atomic mass is 16.5. The lowest BCUT2D eigenvalue weighted by Gasteiger charge is -2.21. The first-order valence-electron chi connectivity index (χ1n) is 5.31. The van der Waals surface area contributed by atoms with Crippen molar-refractivity contribution in [1.82, 2.24) is 0 Å². The highest BCUT2D eigenvalue weighted by Crippen LogP contribution is 2.30. The van der Waals surface area contributed by atoms with Crippen LogP contribution in [0.15, 0.2) is 12.7 Å². The normalized spacial score (nSPS) is 33.3. The van der Waals surface area contributed by atoms with E-state index >= 15 is 0 Å². The molecule has 1 aliphatic heterocycles. The fourth-order valence-electron chi connectivity index (χ4n) is 1.93. The second-order valence-corrected chi connectivity index (χ2v) is 4.24. The lowest BCUT2D eigenvalue weighted by molar-refractivity contribution is -0.142. The van der Waals surface area contributed by atoms with Crippen LogP contribution in [0.5, 0.6) is 0 Å². The zero-order valence-electron chi connectivity index (χ0n) is 9.24. The van der Waals surface area contributed by atoms with Gasteiger partial charge in [0.1, 0.15) is 12.2 Å². The van der Waals surface area contributed by atoms with Gasteiger partial charge in [0.05, 0.1) is 18.6 Å². The zero-order chi connectivity index (χ0) is 12.3. The molecule has 0 aliphatic carbocycles. The van der Waals surface area contributed by atoms with E-state index in [-0.39, 0.29) is 12.3 Å². The molecule has 5 heteroatoms. The third-order valence-corrected chi connectivity index (χ3v) is 2.94. The zero-order valence-corrected chi connectivity index (χ0v) is 9.24. The molecule has 0 saturated carbocycles. The Labute approximate surface area is 94.4 Å². The molecule has 5 unspecified atom stereocenters. The van der Waals surface area contributed by atoms with Crippen LogP contribution in [0.1, 0.15) is 19.8 Å². The summed E-state index contributed by atoms with van der Waals surface area (Å²) in [6.45, 7) is 5.26. The van der Waals surface area contributed by atoms with Gasteiger partial charge in [-0.2, -0.15) is 0 Å². The van der Waals surface area contributed by atoms with Crippen LogP contribution in [0.25, 0.3) is 0 Å². The maximum absolute atomic E-state index is 10.6. The molecule has 0 aromatic carbocycles. The van der Waals surface area contributed by atoms with Crippen LogP contribution in [0.3, 0.4) is 0 Å². The summed E-state index contributed by atoms with van der Waals surface area (Å²) in [7, 11) is 0. The summed E-state index contributed by atoms with van der Waals surface area (Å²) in [4.78, 5) is 10.6. The maximum atomic E-state index is 10.6. The molecule has 0 bridgehead atoms. The van der Waals surface area contributed by atoms with Crippen molar-refractivity contribution >= 4 is 5.97 Å². The van der Waals surface area contributed by atoms with Crippen LogP contribution in [0.4, 0.5) is 0 Å². The van der Waals surface area contributed by atoms with E-state index in [9.17, 15) is 15.0 Å². The molecule has 1 fully saturated rings. The van der Waals surface area contributed by atoms with Crippen LogP contribution in [-0.4, -0.2) is 45.7 Å². The van der Waals surface area contributed by atoms with Gasteiger partial charge in [-0.25, -0.2) is 0 Å². The molecular weight excluding hydrogens is 212 g/mol. The monoisotopic (exact) mass is 230 g/mol. The third kappa shape index (κ3) is 3.04. The number of carboxylic acid groups (broad SMARTS) is 1. The number of aliphatic carboxylic acids is 1. The molecule has 92 valence electrons. The Morgan fingerprint density at radius 3 is 2.75 bits per heavy atom. The van der Waals surface area contributed by atoms with Gasteiger partial charge < -0.3 is 20.1 Å². The number of carbonyl (C=O) groups is 1. The first kappa shape index (κ1) is 13.2. The molecule has 1 saturated heterocycles. The van der Waals surface area contributed by atoms with Gasteiger partial charge in [-0.15, -0.1) is 6.58 Å². The Morgan fingerprint density at radius 2 is 2.25 bits per heavy atom. The van der Waals surface area contributed by atoms with Crippen molar-refractivity contribution in [2.24, 2.45) is 5.92 Å². The summed E-state index contributed by atoms with van der Waals surface area (Å²) >= 11 is 0. The summed E-state index contributed by atoms with van der Waals surface area (Å²) in [5.74, 6) is -0.857. The van der Waals surface area contributed by atoms with Crippen molar-refractivity contribution in [1.29, 1.82) is 0 Å². The second-order valence-electron chi connectivity index (χ2n) is 4.24. The lowest BCUT2D eigenvalue weighted by atomic mass is 9.96. The fourth-order valence-corrected chi connectivity index (χ4v) is 1.93. The molecule has 5 nitrogen and oxygen atoms in total. The highest BCUT2D eigenvalue weighted by Gasteiger charge is 2.38. The van der Waals surface area contributed by atoms with Gasteiger partial charge in [0.15, 0.2) is 0 Å². The summed E-state index contributed by atoms with van der Waals surface area (Å²) in [5, 5.41) is 27.7. The van der Waals surface area contributed by atoms with E-state index in [1.165, 1.54) is 6.08 Å². The highest BCUT2D eigenvalue weighted by molar-refractivity contribution is 5.67. The van der Waals surface area contributed by atoms with Crippen molar-refractivity contribution in [3.05, 3.63) is 12.7 Å². The van der Waals surface area contributed by atoms with E-state index in [0.29, 0.717) is 6.42 Å². The molecule has 0 spiro atoms. The number of aliphatic hydroxyl groups is 2. The molecule has 1 aliphatic rings. The van der Waals surface area contributed by atoms with Gasteiger partial charge in [0, 0.05) is 0 Å². The molecule has 0 radical (unpaired) electrons. The van der Waals surface area contributed by atoms with E-state index in [2.05, 4.69) is 6.58 Å². The molecule has 16 heavy (non-hydrogen) atoms. The van der Waals surface area contributed by atoms with Gasteiger partial charge >= 0.3 is 5.97 Å².